The predicted molar refractivity (Wildman–Crippen MR) is 115 cm³/mol. The molecule has 4 nitrogen and oxygen atoms in total. The highest BCUT2D eigenvalue weighted by atomic mass is 35.5. The van der Waals surface area contributed by atoms with Crippen molar-refractivity contribution in [3.8, 4) is 5.75 Å². The maximum atomic E-state index is 12.7. The van der Waals surface area contributed by atoms with Crippen LogP contribution in [0.4, 0.5) is 0 Å². The van der Waals surface area contributed by atoms with Crippen LogP contribution in [-0.2, 0) is 4.79 Å². The number of piperidine rings is 1. The SMILES string of the molecule is Cc1ccc2c(c1C)OC1(CCN(C(=O)/C=C/c3cccc(Cl)c3)CC1)CC2=O. The molecule has 29 heavy (non-hydrogen) atoms. The third kappa shape index (κ3) is 3.95. The highest BCUT2D eigenvalue weighted by Crippen LogP contribution is 2.41. The Morgan fingerprint density at radius 2 is 1.93 bits per heavy atom. The minimum atomic E-state index is -0.504. The topological polar surface area (TPSA) is 46.6 Å². The van der Waals surface area contributed by atoms with Gasteiger partial charge in [0.25, 0.3) is 0 Å². The van der Waals surface area contributed by atoms with Crippen molar-refractivity contribution in [2.24, 2.45) is 0 Å². The van der Waals surface area contributed by atoms with Gasteiger partial charge in [-0.2, -0.15) is 0 Å². The Morgan fingerprint density at radius 1 is 1.17 bits per heavy atom. The summed E-state index contributed by atoms with van der Waals surface area (Å²) in [5.41, 5.74) is 3.21. The van der Waals surface area contributed by atoms with E-state index in [0.29, 0.717) is 42.9 Å². The van der Waals surface area contributed by atoms with Crippen LogP contribution in [0.15, 0.2) is 42.5 Å². The summed E-state index contributed by atoms with van der Waals surface area (Å²) in [6, 6.07) is 11.2. The molecule has 0 aliphatic carbocycles. The molecule has 150 valence electrons. The van der Waals surface area contributed by atoms with Crippen molar-refractivity contribution in [1.29, 1.82) is 0 Å². The molecule has 0 atom stereocenters. The Kier molecular flexibility index (Phi) is 5.22. The van der Waals surface area contributed by atoms with E-state index in [9.17, 15) is 9.59 Å². The zero-order valence-corrected chi connectivity index (χ0v) is 17.5. The molecule has 0 unspecified atom stereocenters. The third-order valence-corrected chi connectivity index (χ3v) is 6.27. The number of likely N-dealkylation sites (tertiary alicyclic amines) is 1. The molecule has 2 aliphatic heterocycles. The summed E-state index contributed by atoms with van der Waals surface area (Å²) in [5, 5.41) is 0.643. The summed E-state index contributed by atoms with van der Waals surface area (Å²) in [5.74, 6) is 0.825. The van der Waals surface area contributed by atoms with Crippen molar-refractivity contribution in [2.75, 3.05) is 13.1 Å². The van der Waals surface area contributed by atoms with Gasteiger partial charge in [0.2, 0.25) is 5.91 Å². The maximum Gasteiger partial charge on any atom is 0.246 e. The van der Waals surface area contributed by atoms with E-state index in [2.05, 4.69) is 0 Å². The number of fused-ring (bicyclic) bond motifs is 1. The van der Waals surface area contributed by atoms with Gasteiger partial charge in [0.15, 0.2) is 5.78 Å². The Balaban J connectivity index is 1.44. The van der Waals surface area contributed by atoms with Gasteiger partial charge in [0.1, 0.15) is 11.4 Å². The molecule has 1 fully saturated rings. The van der Waals surface area contributed by atoms with Gasteiger partial charge in [-0.05, 0) is 54.8 Å². The predicted octanol–water partition coefficient (Wildman–Crippen LogP) is 5.00. The summed E-state index contributed by atoms with van der Waals surface area (Å²) in [6.45, 7) is 5.18. The largest absolute Gasteiger partial charge is 0.486 e. The Hall–Kier alpha value is -2.59. The van der Waals surface area contributed by atoms with E-state index in [1.54, 1.807) is 18.2 Å². The van der Waals surface area contributed by atoms with E-state index in [4.69, 9.17) is 16.3 Å². The van der Waals surface area contributed by atoms with E-state index < -0.39 is 5.60 Å². The second kappa shape index (κ2) is 7.68. The molecular weight excluding hydrogens is 386 g/mol. The van der Waals surface area contributed by atoms with Crippen LogP contribution in [0.5, 0.6) is 5.75 Å². The summed E-state index contributed by atoms with van der Waals surface area (Å²) in [7, 11) is 0. The smallest absolute Gasteiger partial charge is 0.246 e. The number of rotatable bonds is 2. The van der Waals surface area contributed by atoms with Crippen molar-refractivity contribution in [1.82, 2.24) is 4.90 Å². The zero-order valence-electron chi connectivity index (χ0n) is 16.7. The van der Waals surface area contributed by atoms with E-state index in [-0.39, 0.29) is 11.7 Å². The lowest BCUT2D eigenvalue weighted by Crippen LogP contribution is -2.52. The van der Waals surface area contributed by atoms with Crippen LogP contribution in [0.2, 0.25) is 5.02 Å². The van der Waals surface area contributed by atoms with Crippen molar-refractivity contribution >= 4 is 29.4 Å². The van der Waals surface area contributed by atoms with Gasteiger partial charge in [-0.1, -0.05) is 29.8 Å². The molecule has 0 saturated carbocycles. The lowest BCUT2D eigenvalue weighted by Gasteiger charge is -2.44. The van der Waals surface area contributed by atoms with Gasteiger partial charge in [0.05, 0.1) is 12.0 Å². The quantitative estimate of drug-likeness (QED) is 0.656. The average molecular weight is 410 g/mol. The van der Waals surface area contributed by atoms with Gasteiger partial charge in [0, 0.05) is 37.0 Å². The molecule has 5 heteroatoms. The molecule has 0 aromatic heterocycles. The number of ketones is 1. The molecule has 0 N–H and O–H groups in total. The monoisotopic (exact) mass is 409 g/mol. The summed E-state index contributed by atoms with van der Waals surface area (Å²) in [6.07, 6.45) is 5.05. The summed E-state index contributed by atoms with van der Waals surface area (Å²) < 4.78 is 6.42. The van der Waals surface area contributed by atoms with Crippen molar-refractivity contribution in [2.45, 2.75) is 38.7 Å². The number of carbonyl (C=O) groups is 2. The molecule has 2 aromatic rings. The number of amides is 1. The van der Waals surface area contributed by atoms with Crippen LogP contribution in [0.25, 0.3) is 6.08 Å². The van der Waals surface area contributed by atoms with Crippen LogP contribution >= 0.6 is 11.6 Å². The van der Waals surface area contributed by atoms with Crippen LogP contribution < -0.4 is 4.74 Å². The Labute approximate surface area is 176 Å². The molecular formula is C24H24ClNO3. The van der Waals surface area contributed by atoms with E-state index >= 15 is 0 Å². The summed E-state index contributed by atoms with van der Waals surface area (Å²) >= 11 is 5.99. The number of carbonyl (C=O) groups excluding carboxylic acids is 2. The van der Waals surface area contributed by atoms with Crippen LogP contribution in [0.1, 0.15) is 46.3 Å². The number of benzene rings is 2. The first kappa shape index (κ1) is 19.7. The van der Waals surface area contributed by atoms with E-state index in [1.807, 2.05) is 49.1 Å². The molecule has 2 aliphatic rings. The van der Waals surface area contributed by atoms with Crippen molar-refractivity contribution < 1.29 is 14.3 Å². The number of hydrogen-bond donors (Lipinski definition) is 0. The second-order valence-electron chi connectivity index (χ2n) is 7.98. The minimum Gasteiger partial charge on any atom is -0.486 e. The number of Topliss-reactive ketones (excluding diaryl/α,β-unsaturated/α-hetero) is 1. The number of ether oxygens (including phenoxy) is 1. The number of hydrogen-bond acceptors (Lipinski definition) is 3. The van der Waals surface area contributed by atoms with Gasteiger partial charge in [-0.25, -0.2) is 0 Å². The fourth-order valence-corrected chi connectivity index (χ4v) is 4.28. The highest BCUT2D eigenvalue weighted by molar-refractivity contribution is 6.30. The first-order valence-electron chi connectivity index (χ1n) is 9.92. The van der Waals surface area contributed by atoms with Crippen LogP contribution in [0.3, 0.4) is 0 Å². The van der Waals surface area contributed by atoms with Crippen LogP contribution in [-0.4, -0.2) is 35.3 Å². The third-order valence-electron chi connectivity index (χ3n) is 6.03. The first-order chi connectivity index (χ1) is 13.9. The lowest BCUT2D eigenvalue weighted by atomic mass is 9.81. The lowest BCUT2D eigenvalue weighted by molar-refractivity contribution is -0.129. The maximum absolute atomic E-state index is 12.7. The number of aryl methyl sites for hydroxylation is 1. The molecule has 1 amide bonds. The normalized spacial score (nSPS) is 18.0. The van der Waals surface area contributed by atoms with Crippen LogP contribution in [0, 0.1) is 13.8 Å². The van der Waals surface area contributed by atoms with E-state index in [1.165, 1.54) is 0 Å². The summed E-state index contributed by atoms with van der Waals surface area (Å²) in [4.78, 5) is 27.1. The number of halogens is 1. The fourth-order valence-electron chi connectivity index (χ4n) is 4.08. The Morgan fingerprint density at radius 3 is 2.66 bits per heavy atom. The van der Waals surface area contributed by atoms with Gasteiger partial charge in [-0.15, -0.1) is 0 Å². The van der Waals surface area contributed by atoms with Crippen molar-refractivity contribution in [3.63, 3.8) is 0 Å². The highest BCUT2D eigenvalue weighted by Gasteiger charge is 2.44. The molecule has 2 aromatic carbocycles. The molecule has 4 rings (SSSR count). The first-order valence-corrected chi connectivity index (χ1v) is 10.3. The second-order valence-corrected chi connectivity index (χ2v) is 8.42. The Bertz CT molecular complexity index is 1000. The molecule has 0 bridgehead atoms. The molecule has 2 heterocycles. The van der Waals surface area contributed by atoms with Gasteiger partial charge < -0.3 is 9.64 Å². The fraction of sp³-hybridized carbons (Fsp3) is 0.333. The number of nitrogens with zero attached hydrogens (tertiary/aromatic N) is 1. The molecule has 0 radical (unpaired) electrons. The van der Waals surface area contributed by atoms with Gasteiger partial charge in [-0.3, -0.25) is 9.59 Å². The molecule has 1 saturated heterocycles. The van der Waals surface area contributed by atoms with E-state index in [0.717, 1.165) is 22.4 Å². The average Bonchev–Trinajstić information content (AvgIpc) is 2.70. The van der Waals surface area contributed by atoms with Crippen molar-refractivity contribution in [3.05, 3.63) is 69.8 Å². The van der Waals surface area contributed by atoms with Gasteiger partial charge >= 0.3 is 0 Å². The zero-order chi connectivity index (χ0) is 20.6. The minimum absolute atomic E-state index is 0.0330. The molecule has 1 spiro atoms. The standard InChI is InChI=1S/C24H24ClNO3/c1-16-6-8-20-21(27)15-24(29-23(20)17(16)2)10-12-26(13-11-24)22(28)9-7-18-4-3-5-19(25)14-18/h3-9,14H,10-13,15H2,1-2H3/b9-7+.